The third-order valence-corrected chi connectivity index (χ3v) is 7.18. The van der Waals surface area contributed by atoms with Crippen LogP contribution in [0.3, 0.4) is 0 Å². The van der Waals surface area contributed by atoms with Gasteiger partial charge in [-0.25, -0.2) is 8.42 Å². The van der Waals surface area contributed by atoms with Crippen LogP contribution in [0.25, 0.3) is 0 Å². The molecule has 1 amide bonds. The fourth-order valence-electron chi connectivity index (χ4n) is 3.46. The van der Waals surface area contributed by atoms with E-state index in [-0.39, 0.29) is 16.8 Å². The molecule has 0 aromatic heterocycles. The van der Waals surface area contributed by atoms with E-state index < -0.39 is 10.0 Å². The molecule has 3 rings (SSSR count). The monoisotopic (exact) mass is 400 g/mol. The van der Waals surface area contributed by atoms with E-state index in [9.17, 15) is 13.2 Å². The highest BCUT2D eigenvalue weighted by molar-refractivity contribution is 7.89. The number of rotatable bonds is 6. The van der Waals surface area contributed by atoms with Crippen LogP contribution in [0.2, 0.25) is 0 Å². The molecule has 0 radical (unpaired) electrons. The van der Waals surface area contributed by atoms with Crippen molar-refractivity contribution in [3.05, 3.63) is 65.2 Å². The van der Waals surface area contributed by atoms with Gasteiger partial charge in [0.2, 0.25) is 10.0 Å². The zero-order chi connectivity index (χ0) is 20.1. The number of carbonyl (C=O) groups is 1. The normalized spacial score (nSPS) is 16.5. The summed E-state index contributed by atoms with van der Waals surface area (Å²) in [5.41, 5.74) is 2.62. The summed E-state index contributed by atoms with van der Waals surface area (Å²) in [7, 11) is -3.55. The smallest absolute Gasteiger partial charge is 0.251 e. The van der Waals surface area contributed by atoms with Gasteiger partial charge in [-0.05, 0) is 55.5 Å². The summed E-state index contributed by atoms with van der Waals surface area (Å²) in [5, 5.41) is 2.96. The van der Waals surface area contributed by atoms with Gasteiger partial charge in [-0.1, -0.05) is 43.7 Å². The van der Waals surface area contributed by atoms with Gasteiger partial charge in [0.05, 0.1) is 10.9 Å². The molecule has 1 heterocycles. The van der Waals surface area contributed by atoms with Crippen molar-refractivity contribution in [3.63, 3.8) is 0 Å². The van der Waals surface area contributed by atoms with Crippen LogP contribution in [0.4, 0.5) is 0 Å². The second-order valence-electron chi connectivity index (χ2n) is 7.28. The molecular formula is C22H28N2O3S. The van der Waals surface area contributed by atoms with E-state index >= 15 is 0 Å². The lowest BCUT2D eigenvalue weighted by molar-refractivity contribution is 0.0939. The van der Waals surface area contributed by atoms with Crippen molar-refractivity contribution in [1.29, 1.82) is 0 Å². The molecule has 1 atom stereocenters. The van der Waals surface area contributed by atoms with Crippen molar-refractivity contribution >= 4 is 15.9 Å². The molecule has 1 saturated heterocycles. The van der Waals surface area contributed by atoms with Gasteiger partial charge >= 0.3 is 0 Å². The van der Waals surface area contributed by atoms with E-state index in [1.807, 2.05) is 19.1 Å². The molecule has 0 bridgehead atoms. The number of benzene rings is 2. The predicted molar refractivity (Wildman–Crippen MR) is 111 cm³/mol. The number of amides is 1. The van der Waals surface area contributed by atoms with Gasteiger partial charge in [-0.3, -0.25) is 4.79 Å². The second-order valence-corrected chi connectivity index (χ2v) is 9.22. The van der Waals surface area contributed by atoms with Gasteiger partial charge in [0.25, 0.3) is 5.91 Å². The maximum absolute atomic E-state index is 12.9. The quantitative estimate of drug-likeness (QED) is 0.799. The number of aryl methyl sites for hydroxylation is 1. The number of nitrogens with one attached hydrogen (secondary N) is 1. The van der Waals surface area contributed by atoms with Crippen LogP contribution in [0.5, 0.6) is 0 Å². The average Bonchev–Trinajstić information content (AvgIpc) is 2.74. The lowest BCUT2D eigenvalue weighted by Gasteiger charge is -2.26. The molecule has 2 aromatic carbocycles. The SMILES string of the molecule is CCc1ccc([C@@H](C)NC(=O)c2cccc(S(=O)(=O)N3CCCCC3)c2)cc1. The van der Waals surface area contributed by atoms with Gasteiger partial charge in [0, 0.05) is 18.7 Å². The molecule has 1 N–H and O–H groups in total. The Morgan fingerprint density at radius 3 is 2.39 bits per heavy atom. The Labute approximate surface area is 167 Å². The van der Waals surface area contributed by atoms with Gasteiger partial charge in [-0.2, -0.15) is 4.31 Å². The van der Waals surface area contributed by atoms with Crippen molar-refractivity contribution in [2.75, 3.05) is 13.1 Å². The predicted octanol–water partition coefficient (Wildman–Crippen LogP) is 3.91. The molecule has 0 unspecified atom stereocenters. The second kappa shape index (κ2) is 8.88. The van der Waals surface area contributed by atoms with E-state index in [0.29, 0.717) is 18.7 Å². The Balaban J connectivity index is 1.74. The lowest BCUT2D eigenvalue weighted by atomic mass is 10.0. The zero-order valence-corrected chi connectivity index (χ0v) is 17.3. The first kappa shape index (κ1) is 20.6. The van der Waals surface area contributed by atoms with Crippen LogP contribution in [0, 0.1) is 0 Å². The fourth-order valence-corrected chi connectivity index (χ4v) is 5.02. The molecule has 1 aliphatic rings. The number of hydrogen-bond acceptors (Lipinski definition) is 3. The third kappa shape index (κ3) is 4.62. The Kier molecular flexibility index (Phi) is 6.52. The molecule has 0 saturated carbocycles. The van der Waals surface area contributed by atoms with Gasteiger partial charge in [0.1, 0.15) is 0 Å². The van der Waals surface area contributed by atoms with Crippen LogP contribution in [0.15, 0.2) is 53.4 Å². The van der Waals surface area contributed by atoms with E-state index in [4.69, 9.17) is 0 Å². The first-order chi connectivity index (χ1) is 13.4. The van der Waals surface area contributed by atoms with Crippen molar-refractivity contribution in [2.45, 2.75) is 50.5 Å². The summed E-state index contributed by atoms with van der Waals surface area (Å²) in [6.45, 7) is 5.12. The highest BCUT2D eigenvalue weighted by Crippen LogP contribution is 2.22. The largest absolute Gasteiger partial charge is 0.346 e. The fraction of sp³-hybridized carbons (Fsp3) is 0.409. The molecule has 2 aromatic rings. The van der Waals surface area contributed by atoms with Crippen molar-refractivity contribution < 1.29 is 13.2 Å². The summed E-state index contributed by atoms with van der Waals surface area (Å²) in [5.74, 6) is -0.275. The minimum absolute atomic E-state index is 0.166. The van der Waals surface area contributed by atoms with Crippen LogP contribution >= 0.6 is 0 Å². The van der Waals surface area contributed by atoms with Gasteiger partial charge in [-0.15, -0.1) is 0 Å². The number of piperidine rings is 1. The number of sulfonamides is 1. The van der Waals surface area contributed by atoms with Crippen molar-refractivity contribution in [2.24, 2.45) is 0 Å². The van der Waals surface area contributed by atoms with Gasteiger partial charge < -0.3 is 5.32 Å². The first-order valence-electron chi connectivity index (χ1n) is 9.91. The average molecular weight is 401 g/mol. The molecule has 1 aliphatic heterocycles. The molecule has 5 nitrogen and oxygen atoms in total. The Morgan fingerprint density at radius 2 is 1.75 bits per heavy atom. The molecule has 0 aliphatic carbocycles. The van der Waals surface area contributed by atoms with Crippen LogP contribution in [-0.2, 0) is 16.4 Å². The van der Waals surface area contributed by atoms with Crippen LogP contribution < -0.4 is 5.32 Å². The van der Waals surface area contributed by atoms with Gasteiger partial charge in [0.15, 0.2) is 0 Å². The summed E-state index contributed by atoms with van der Waals surface area (Å²) in [6, 6.07) is 14.3. The molecule has 28 heavy (non-hydrogen) atoms. The van der Waals surface area contributed by atoms with E-state index in [2.05, 4.69) is 24.4 Å². The van der Waals surface area contributed by atoms with E-state index in [0.717, 1.165) is 31.2 Å². The summed E-state index contributed by atoms with van der Waals surface area (Å²) >= 11 is 0. The first-order valence-corrected chi connectivity index (χ1v) is 11.4. The van der Waals surface area contributed by atoms with Crippen molar-refractivity contribution in [3.8, 4) is 0 Å². The summed E-state index contributed by atoms with van der Waals surface area (Å²) < 4.78 is 27.2. The summed E-state index contributed by atoms with van der Waals surface area (Å²) in [6.07, 6.45) is 3.80. The Hall–Kier alpha value is -2.18. The topological polar surface area (TPSA) is 66.5 Å². The summed E-state index contributed by atoms with van der Waals surface area (Å²) in [4.78, 5) is 12.9. The third-order valence-electron chi connectivity index (χ3n) is 5.28. The minimum Gasteiger partial charge on any atom is -0.346 e. The van der Waals surface area contributed by atoms with Crippen molar-refractivity contribution in [1.82, 2.24) is 9.62 Å². The molecule has 1 fully saturated rings. The maximum atomic E-state index is 12.9. The number of nitrogens with zero attached hydrogens (tertiary/aromatic N) is 1. The molecular weight excluding hydrogens is 372 g/mol. The number of carbonyl (C=O) groups excluding carboxylic acids is 1. The Morgan fingerprint density at radius 1 is 1.07 bits per heavy atom. The minimum atomic E-state index is -3.55. The highest BCUT2D eigenvalue weighted by atomic mass is 32.2. The lowest BCUT2D eigenvalue weighted by Crippen LogP contribution is -2.35. The molecule has 0 spiro atoms. The zero-order valence-electron chi connectivity index (χ0n) is 16.5. The standard InChI is InChI=1S/C22H28N2O3S/c1-3-18-10-12-19(13-11-18)17(2)23-22(25)20-8-7-9-21(16-20)28(26,27)24-14-5-4-6-15-24/h7-13,16-17H,3-6,14-15H2,1-2H3,(H,23,25)/t17-/m1/s1. The van der Waals surface area contributed by atoms with Crippen LogP contribution in [0.1, 0.15) is 60.6 Å². The molecule has 6 heteroatoms. The van der Waals surface area contributed by atoms with E-state index in [1.54, 1.807) is 18.2 Å². The number of hydrogen-bond donors (Lipinski definition) is 1. The highest BCUT2D eigenvalue weighted by Gasteiger charge is 2.26. The Bertz CT molecular complexity index is 917. The maximum Gasteiger partial charge on any atom is 0.251 e. The van der Waals surface area contributed by atoms with E-state index in [1.165, 1.54) is 15.9 Å². The molecule has 150 valence electrons. The van der Waals surface area contributed by atoms with Crippen LogP contribution in [-0.4, -0.2) is 31.7 Å².